The summed E-state index contributed by atoms with van der Waals surface area (Å²) in [6.07, 6.45) is 0.939. The van der Waals surface area contributed by atoms with E-state index in [4.69, 9.17) is 5.73 Å². The fourth-order valence-corrected chi connectivity index (χ4v) is 0.934. The zero-order valence-corrected chi connectivity index (χ0v) is 9.92. The number of nitrogens with two attached hydrogens (primary N) is 1. The van der Waals surface area contributed by atoms with Gasteiger partial charge in [-0.3, -0.25) is 4.79 Å². The van der Waals surface area contributed by atoms with Crippen LogP contribution in [0, 0.1) is 0 Å². The van der Waals surface area contributed by atoms with E-state index in [1.807, 2.05) is 21.0 Å². The summed E-state index contributed by atoms with van der Waals surface area (Å²) in [5, 5.41) is 2.88. The van der Waals surface area contributed by atoms with Gasteiger partial charge >= 0.3 is 0 Å². The minimum Gasteiger partial charge on any atom is -0.352 e. The third-order valence-corrected chi connectivity index (χ3v) is 1.97. The van der Waals surface area contributed by atoms with Gasteiger partial charge in [-0.15, -0.1) is 0 Å². The lowest BCUT2D eigenvalue weighted by Gasteiger charge is -2.22. The maximum atomic E-state index is 11.5. The maximum Gasteiger partial charge on any atom is 0.239 e. The maximum absolute atomic E-state index is 11.5. The number of amides is 1. The van der Waals surface area contributed by atoms with Crippen LogP contribution in [0.2, 0.25) is 0 Å². The van der Waals surface area contributed by atoms with Crippen molar-refractivity contribution >= 4 is 5.91 Å². The van der Waals surface area contributed by atoms with Gasteiger partial charge in [0, 0.05) is 6.04 Å². The highest BCUT2D eigenvalue weighted by Gasteiger charge is 2.22. The number of nitrogens with zero attached hydrogens (tertiary/aromatic N) is 1. The molecule has 0 saturated carbocycles. The van der Waals surface area contributed by atoms with Gasteiger partial charge < -0.3 is 16.0 Å². The molecular weight excluding hydrogens is 178 g/mol. The molecule has 4 nitrogen and oxygen atoms in total. The summed E-state index contributed by atoms with van der Waals surface area (Å²) in [4.78, 5) is 13.6. The fraction of sp³-hybridized carbons (Fsp3) is 0.900. The highest BCUT2D eigenvalue weighted by Crippen LogP contribution is 1.99. The highest BCUT2D eigenvalue weighted by atomic mass is 16.2. The van der Waals surface area contributed by atoms with Crippen LogP contribution < -0.4 is 11.1 Å². The molecule has 4 heteroatoms. The topological polar surface area (TPSA) is 58.4 Å². The first-order chi connectivity index (χ1) is 6.23. The van der Waals surface area contributed by atoms with Crippen molar-refractivity contribution < 1.29 is 4.79 Å². The molecule has 1 atom stereocenters. The Hall–Kier alpha value is -0.610. The summed E-state index contributed by atoms with van der Waals surface area (Å²) >= 11 is 0. The van der Waals surface area contributed by atoms with Crippen molar-refractivity contribution in [1.82, 2.24) is 10.2 Å². The summed E-state index contributed by atoms with van der Waals surface area (Å²) in [5.41, 5.74) is 4.88. The molecular formula is C10H23N3O. The van der Waals surface area contributed by atoms with Crippen molar-refractivity contribution in [3.63, 3.8) is 0 Å². The van der Waals surface area contributed by atoms with Crippen LogP contribution in [-0.4, -0.2) is 43.0 Å². The summed E-state index contributed by atoms with van der Waals surface area (Å²) in [5.74, 6) is -0.0937. The minimum atomic E-state index is -0.785. The Balaban J connectivity index is 3.83. The second-order valence-electron chi connectivity index (χ2n) is 4.69. The lowest BCUT2D eigenvalue weighted by molar-refractivity contribution is -0.125. The largest absolute Gasteiger partial charge is 0.352 e. The normalized spacial score (nSPS) is 14.2. The smallest absolute Gasteiger partial charge is 0.239 e. The Morgan fingerprint density at radius 1 is 1.50 bits per heavy atom. The van der Waals surface area contributed by atoms with Crippen molar-refractivity contribution in [3.8, 4) is 0 Å². The average Bonchev–Trinajstić information content (AvgIpc) is 1.99. The van der Waals surface area contributed by atoms with E-state index in [2.05, 4.69) is 10.2 Å². The van der Waals surface area contributed by atoms with Crippen molar-refractivity contribution in [2.75, 3.05) is 20.6 Å². The quantitative estimate of drug-likeness (QED) is 0.667. The van der Waals surface area contributed by atoms with Crippen molar-refractivity contribution in [2.24, 2.45) is 5.73 Å². The summed E-state index contributed by atoms with van der Waals surface area (Å²) in [6, 6.07) is 0.174. The van der Waals surface area contributed by atoms with Crippen LogP contribution in [0.3, 0.4) is 0 Å². The molecule has 0 spiro atoms. The summed E-state index contributed by atoms with van der Waals surface area (Å²) in [6.45, 7) is 6.38. The number of nitrogens with one attached hydrogen (secondary N) is 1. The molecule has 0 saturated heterocycles. The first-order valence-electron chi connectivity index (χ1n) is 4.98. The third-order valence-electron chi connectivity index (χ3n) is 1.97. The van der Waals surface area contributed by atoms with Gasteiger partial charge in [0.25, 0.3) is 0 Å². The molecule has 0 aliphatic rings. The summed E-state index contributed by atoms with van der Waals surface area (Å²) < 4.78 is 0. The average molecular weight is 201 g/mol. The third kappa shape index (κ3) is 5.94. The predicted octanol–water partition coefficient (Wildman–Crippen LogP) is 0.180. The van der Waals surface area contributed by atoms with E-state index in [0.29, 0.717) is 0 Å². The molecule has 0 radical (unpaired) electrons. The Morgan fingerprint density at radius 3 is 2.36 bits per heavy atom. The molecule has 3 N–H and O–H groups in total. The zero-order chi connectivity index (χ0) is 11.4. The van der Waals surface area contributed by atoms with Gasteiger partial charge in [-0.2, -0.15) is 0 Å². The van der Waals surface area contributed by atoms with Crippen molar-refractivity contribution in [1.29, 1.82) is 0 Å². The van der Waals surface area contributed by atoms with Gasteiger partial charge in [-0.05, 0) is 47.8 Å². The van der Waals surface area contributed by atoms with Crippen LogP contribution in [0.25, 0.3) is 0 Å². The molecule has 0 aromatic rings. The van der Waals surface area contributed by atoms with E-state index < -0.39 is 5.54 Å². The second kappa shape index (κ2) is 5.32. The van der Waals surface area contributed by atoms with Gasteiger partial charge in [-0.1, -0.05) is 0 Å². The van der Waals surface area contributed by atoms with Gasteiger partial charge in [0.15, 0.2) is 0 Å². The Kier molecular flexibility index (Phi) is 5.08. The number of carbonyl (C=O) groups is 1. The minimum absolute atomic E-state index is 0.0937. The second-order valence-corrected chi connectivity index (χ2v) is 4.69. The van der Waals surface area contributed by atoms with Crippen LogP contribution in [-0.2, 0) is 4.79 Å². The molecule has 0 fully saturated rings. The lowest BCUT2D eigenvalue weighted by Crippen LogP contribution is -2.51. The number of hydrogen-bond donors (Lipinski definition) is 2. The van der Waals surface area contributed by atoms with E-state index in [0.717, 1.165) is 13.0 Å². The lowest BCUT2D eigenvalue weighted by atomic mass is 10.1. The molecule has 0 aliphatic carbocycles. The van der Waals surface area contributed by atoms with E-state index in [1.165, 1.54) is 0 Å². The van der Waals surface area contributed by atoms with Gasteiger partial charge in [0.1, 0.15) is 0 Å². The molecule has 0 aromatic heterocycles. The molecule has 84 valence electrons. The van der Waals surface area contributed by atoms with Crippen molar-refractivity contribution in [2.45, 2.75) is 38.8 Å². The fourth-order valence-electron chi connectivity index (χ4n) is 0.934. The van der Waals surface area contributed by atoms with E-state index in [1.54, 1.807) is 13.8 Å². The molecule has 1 amide bonds. The van der Waals surface area contributed by atoms with Crippen LogP contribution in [0.1, 0.15) is 27.2 Å². The first kappa shape index (κ1) is 13.4. The molecule has 0 heterocycles. The Morgan fingerprint density at radius 2 is 2.00 bits per heavy atom. The standard InChI is InChI=1S/C10H23N3O/c1-8(6-7-13(4)5)12-9(14)10(2,3)11/h8H,6-7,11H2,1-5H3,(H,12,14). The number of rotatable bonds is 5. The van der Waals surface area contributed by atoms with Crippen molar-refractivity contribution in [3.05, 3.63) is 0 Å². The Bertz CT molecular complexity index is 184. The molecule has 0 bridgehead atoms. The molecule has 0 rings (SSSR count). The van der Waals surface area contributed by atoms with Gasteiger partial charge in [0.05, 0.1) is 5.54 Å². The van der Waals surface area contributed by atoms with E-state index >= 15 is 0 Å². The SMILES string of the molecule is CC(CCN(C)C)NC(=O)C(C)(C)N. The first-order valence-corrected chi connectivity index (χ1v) is 4.98. The highest BCUT2D eigenvalue weighted by molar-refractivity contribution is 5.85. The monoisotopic (exact) mass is 201 g/mol. The van der Waals surface area contributed by atoms with Gasteiger partial charge in [-0.25, -0.2) is 0 Å². The van der Waals surface area contributed by atoms with Gasteiger partial charge in [0.2, 0.25) is 5.91 Å². The van der Waals surface area contributed by atoms with Crippen LogP contribution in [0.15, 0.2) is 0 Å². The zero-order valence-electron chi connectivity index (χ0n) is 9.92. The number of carbonyl (C=O) groups excluding carboxylic acids is 1. The number of hydrogen-bond acceptors (Lipinski definition) is 3. The van der Waals surface area contributed by atoms with Crippen LogP contribution in [0.4, 0.5) is 0 Å². The van der Waals surface area contributed by atoms with E-state index in [-0.39, 0.29) is 11.9 Å². The molecule has 1 unspecified atom stereocenters. The summed E-state index contributed by atoms with van der Waals surface area (Å²) in [7, 11) is 4.03. The molecule has 0 aromatic carbocycles. The van der Waals surface area contributed by atoms with Crippen LogP contribution >= 0.6 is 0 Å². The molecule has 0 aliphatic heterocycles. The molecule has 14 heavy (non-hydrogen) atoms. The van der Waals surface area contributed by atoms with E-state index in [9.17, 15) is 4.79 Å². The Labute approximate surface area is 86.8 Å². The predicted molar refractivity (Wildman–Crippen MR) is 59.0 cm³/mol. The van der Waals surface area contributed by atoms with Crippen LogP contribution in [0.5, 0.6) is 0 Å².